The van der Waals surface area contributed by atoms with Crippen LogP contribution in [0.3, 0.4) is 0 Å². The van der Waals surface area contributed by atoms with E-state index in [1.165, 1.54) is 4.31 Å². The molecule has 186 valence electrons. The number of sulfonamides is 1. The van der Waals surface area contributed by atoms with E-state index in [4.69, 9.17) is 4.42 Å². The normalized spacial score (nSPS) is 15.6. The molecule has 0 spiro atoms. The number of hydrogen-bond acceptors (Lipinski definition) is 10. The SMILES string of the molecule is O=CN(O)C(CCCc1ncccn1)CS(=O)(=O)N1CCN(c2ncc(-c3ccco3)cn2)CC1. The van der Waals surface area contributed by atoms with E-state index in [1.807, 2.05) is 11.0 Å². The minimum Gasteiger partial charge on any atom is -0.464 e. The lowest BCUT2D eigenvalue weighted by Crippen LogP contribution is -2.51. The molecule has 4 heterocycles. The predicted molar refractivity (Wildman–Crippen MR) is 126 cm³/mol. The maximum atomic E-state index is 13.1. The summed E-state index contributed by atoms with van der Waals surface area (Å²) in [5, 5.41) is 10.4. The van der Waals surface area contributed by atoms with E-state index in [1.54, 1.807) is 43.2 Å². The smallest absolute Gasteiger partial charge is 0.233 e. The van der Waals surface area contributed by atoms with Crippen LogP contribution in [0.2, 0.25) is 0 Å². The van der Waals surface area contributed by atoms with Gasteiger partial charge in [-0.1, -0.05) is 0 Å². The van der Waals surface area contributed by atoms with Gasteiger partial charge in [-0.2, -0.15) is 4.31 Å². The van der Waals surface area contributed by atoms with Crippen molar-refractivity contribution in [2.45, 2.75) is 25.3 Å². The third-order valence-electron chi connectivity index (χ3n) is 5.80. The standard InChI is InChI=1S/C22H27N7O5S/c30-17-29(31)19(4-1-6-21-23-7-3-8-24-21)16-35(32,33)28-11-9-27(10-12-28)22-25-14-18(15-26-22)20-5-2-13-34-20/h2-3,5,7-8,13-15,17,19,31H,1,4,6,9-12,16H2. The zero-order chi connectivity index (χ0) is 24.7. The van der Waals surface area contributed by atoms with Crippen molar-refractivity contribution in [1.82, 2.24) is 29.3 Å². The minimum atomic E-state index is -3.71. The van der Waals surface area contributed by atoms with Crippen LogP contribution in [0.15, 0.2) is 53.7 Å². The van der Waals surface area contributed by atoms with Crippen LogP contribution < -0.4 is 4.90 Å². The highest BCUT2D eigenvalue weighted by Gasteiger charge is 2.32. The Morgan fingerprint density at radius 2 is 1.80 bits per heavy atom. The Labute approximate surface area is 203 Å². The van der Waals surface area contributed by atoms with E-state index >= 15 is 0 Å². The number of rotatable bonds is 11. The highest BCUT2D eigenvalue weighted by Crippen LogP contribution is 2.21. The molecule has 12 nitrogen and oxygen atoms in total. The first-order chi connectivity index (χ1) is 17.0. The fourth-order valence-corrected chi connectivity index (χ4v) is 5.64. The number of carbonyl (C=O) groups excluding carboxylic acids is 1. The molecule has 1 saturated heterocycles. The van der Waals surface area contributed by atoms with Crippen LogP contribution in [0.4, 0.5) is 5.95 Å². The Kier molecular flexibility index (Phi) is 8.00. The van der Waals surface area contributed by atoms with Gasteiger partial charge in [-0.3, -0.25) is 10.0 Å². The van der Waals surface area contributed by atoms with E-state index in [2.05, 4.69) is 19.9 Å². The van der Waals surface area contributed by atoms with Crippen molar-refractivity contribution in [3.8, 4) is 11.3 Å². The van der Waals surface area contributed by atoms with Gasteiger partial charge >= 0.3 is 0 Å². The summed E-state index contributed by atoms with van der Waals surface area (Å²) >= 11 is 0. The molecule has 1 N–H and O–H groups in total. The molecule has 4 rings (SSSR count). The number of piperazine rings is 1. The molecule has 0 aromatic carbocycles. The second-order valence-corrected chi connectivity index (χ2v) is 10.1. The zero-order valence-electron chi connectivity index (χ0n) is 19.0. The molecular formula is C22H27N7O5S. The van der Waals surface area contributed by atoms with E-state index in [9.17, 15) is 18.4 Å². The Morgan fingerprint density at radius 3 is 2.43 bits per heavy atom. The van der Waals surface area contributed by atoms with Gasteiger partial charge in [-0.25, -0.2) is 33.4 Å². The van der Waals surface area contributed by atoms with Crippen LogP contribution in [-0.2, 0) is 21.2 Å². The number of hydrogen-bond donors (Lipinski definition) is 1. The first kappa shape index (κ1) is 24.7. The highest BCUT2D eigenvalue weighted by molar-refractivity contribution is 7.89. The van der Waals surface area contributed by atoms with Gasteiger partial charge in [0.2, 0.25) is 22.4 Å². The van der Waals surface area contributed by atoms with Gasteiger partial charge in [0.25, 0.3) is 0 Å². The van der Waals surface area contributed by atoms with Crippen LogP contribution in [0.25, 0.3) is 11.3 Å². The molecule has 1 fully saturated rings. The molecule has 3 aromatic heterocycles. The third kappa shape index (κ3) is 6.38. The summed E-state index contributed by atoms with van der Waals surface area (Å²) in [6.45, 7) is 1.35. The summed E-state index contributed by atoms with van der Waals surface area (Å²) in [6.07, 6.45) is 9.75. The van der Waals surface area contributed by atoms with Crippen molar-refractivity contribution >= 4 is 22.4 Å². The topological polar surface area (TPSA) is 146 Å². The van der Waals surface area contributed by atoms with Crippen molar-refractivity contribution in [2.75, 3.05) is 36.8 Å². The van der Waals surface area contributed by atoms with E-state index < -0.39 is 16.1 Å². The van der Waals surface area contributed by atoms with Gasteiger partial charge in [-0.15, -0.1) is 0 Å². The molecule has 13 heteroatoms. The second-order valence-electron chi connectivity index (χ2n) is 8.11. The fourth-order valence-electron chi connectivity index (χ4n) is 3.90. The highest BCUT2D eigenvalue weighted by atomic mass is 32.2. The number of aryl methyl sites for hydroxylation is 1. The van der Waals surface area contributed by atoms with Crippen molar-refractivity contribution in [2.24, 2.45) is 0 Å². The molecule has 0 bridgehead atoms. The molecule has 0 radical (unpaired) electrons. The Hall–Kier alpha value is -3.42. The number of nitrogens with zero attached hydrogens (tertiary/aromatic N) is 7. The van der Waals surface area contributed by atoms with Gasteiger partial charge in [0.1, 0.15) is 11.6 Å². The number of carbonyl (C=O) groups is 1. The zero-order valence-corrected chi connectivity index (χ0v) is 19.9. The number of hydroxylamine groups is 2. The molecular weight excluding hydrogens is 474 g/mol. The summed E-state index contributed by atoms with van der Waals surface area (Å²) in [4.78, 5) is 30.1. The average Bonchev–Trinajstić information content (AvgIpc) is 3.43. The number of anilines is 1. The van der Waals surface area contributed by atoms with Crippen LogP contribution in [0.1, 0.15) is 18.7 Å². The lowest BCUT2D eigenvalue weighted by atomic mass is 10.1. The maximum Gasteiger partial charge on any atom is 0.233 e. The Morgan fingerprint density at radius 1 is 1.09 bits per heavy atom. The van der Waals surface area contributed by atoms with E-state index in [0.29, 0.717) is 54.9 Å². The van der Waals surface area contributed by atoms with Crippen LogP contribution >= 0.6 is 0 Å². The molecule has 1 atom stereocenters. The van der Waals surface area contributed by atoms with Crippen molar-refractivity contribution < 1.29 is 22.8 Å². The molecule has 0 aliphatic carbocycles. The van der Waals surface area contributed by atoms with Crippen LogP contribution in [-0.4, -0.2) is 87.3 Å². The molecule has 35 heavy (non-hydrogen) atoms. The number of furan rings is 1. The summed E-state index contributed by atoms with van der Waals surface area (Å²) in [6, 6.07) is 4.46. The molecule has 1 unspecified atom stereocenters. The quantitative estimate of drug-likeness (QED) is 0.231. The van der Waals surface area contributed by atoms with Gasteiger partial charge in [-0.05, 0) is 31.0 Å². The van der Waals surface area contributed by atoms with E-state index in [0.717, 1.165) is 5.56 Å². The van der Waals surface area contributed by atoms with Gasteiger partial charge in [0.15, 0.2) is 0 Å². The first-order valence-electron chi connectivity index (χ1n) is 11.2. The maximum absolute atomic E-state index is 13.1. The largest absolute Gasteiger partial charge is 0.464 e. The van der Waals surface area contributed by atoms with Gasteiger partial charge < -0.3 is 9.32 Å². The minimum absolute atomic E-state index is 0.237. The number of aromatic nitrogens is 4. The van der Waals surface area contributed by atoms with Crippen molar-refractivity contribution in [1.29, 1.82) is 0 Å². The second kappa shape index (κ2) is 11.3. The summed E-state index contributed by atoms with van der Waals surface area (Å²) in [5.74, 6) is 1.44. The van der Waals surface area contributed by atoms with Crippen LogP contribution in [0, 0.1) is 0 Å². The first-order valence-corrected chi connectivity index (χ1v) is 12.8. The van der Waals surface area contributed by atoms with Gasteiger partial charge in [0.05, 0.1) is 23.6 Å². The fraction of sp³-hybridized carbons (Fsp3) is 0.409. The van der Waals surface area contributed by atoms with Crippen molar-refractivity contribution in [3.05, 3.63) is 55.1 Å². The van der Waals surface area contributed by atoms with Crippen molar-refractivity contribution in [3.63, 3.8) is 0 Å². The molecule has 1 aliphatic heterocycles. The average molecular weight is 502 g/mol. The van der Waals surface area contributed by atoms with Gasteiger partial charge in [0, 0.05) is 57.4 Å². The molecule has 1 amide bonds. The Balaban J connectivity index is 1.31. The molecule has 3 aromatic rings. The van der Waals surface area contributed by atoms with Crippen LogP contribution in [0.5, 0.6) is 0 Å². The summed E-state index contributed by atoms with van der Waals surface area (Å²) < 4.78 is 32.8. The Bertz CT molecular complexity index is 1170. The lowest BCUT2D eigenvalue weighted by Gasteiger charge is -2.35. The summed E-state index contributed by atoms with van der Waals surface area (Å²) in [5.41, 5.74) is 0.758. The number of amides is 1. The summed E-state index contributed by atoms with van der Waals surface area (Å²) in [7, 11) is -3.71. The monoisotopic (exact) mass is 501 g/mol. The lowest BCUT2D eigenvalue weighted by molar-refractivity contribution is -0.158. The third-order valence-corrected chi connectivity index (χ3v) is 7.76. The molecule has 1 aliphatic rings. The van der Waals surface area contributed by atoms with E-state index in [-0.39, 0.29) is 25.3 Å². The molecule has 0 saturated carbocycles. The predicted octanol–water partition coefficient (Wildman–Crippen LogP) is 1.22.